The Morgan fingerprint density at radius 3 is 2.30 bits per heavy atom. The smallest absolute Gasteiger partial charge is 0.266 e. The lowest BCUT2D eigenvalue weighted by Crippen LogP contribution is -2.14. The van der Waals surface area contributed by atoms with Gasteiger partial charge in [-0.15, -0.1) is 0 Å². The van der Waals surface area contributed by atoms with Gasteiger partial charge in [0.2, 0.25) is 0 Å². The van der Waals surface area contributed by atoms with Crippen molar-refractivity contribution < 1.29 is 4.79 Å². The highest BCUT2D eigenvalue weighted by molar-refractivity contribution is 6.10. The topological polar surface area (TPSA) is 57.8 Å². The van der Waals surface area contributed by atoms with E-state index >= 15 is 0 Å². The van der Waals surface area contributed by atoms with Crippen molar-refractivity contribution in [3.8, 4) is 11.8 Å². The SMILES string of the molecule is Cc1ccc(C)c(NC(=O)/C(C#N)=C/c2cc(C)n(-c3ccc(C)c(C)c3)c2C)c1. The summed E-state index contributed by atoms with van der Waals surface area (Å²) in [5.41, 5.74) is 9.26. The molecule has 4 nitrogen and oxygen atoms in total. The van der Waals surface area contributed by atoms with Gasteiger partial charge in [-0.05, 0) is 99.7 Å². The van der Waals surface area contributed by atoms with E-state index in [4.69, 9.17) is 0 Å². The van der Waals surface area contributed by atoms with Crippen LogP contribution in [0, 0.1) is 52.9 Å². The van der Waals surface area contributed by atoms with Crippen LogP contribution in [0.1, 0.15) is 39.2 Å². The number of nitriles is 1. The molecule has 0 atom stereocenters. The number of nitrogens with one attached hydrogen (secondary N) is 1. The number of amides is 1. The number of anilines is 1. The van der Waals surface area contributed by atoms with Gasteiger partial charge >= 0.3 is 0 Å². The molecule has 0 unspecified atom stereocenters. The molecular formula is C26H27N3O. The van der Waals surface area contributed by atoms with Crippen molar-refractivity contribution in [2.75, 3.05) is 5.32 Å². The molecular weight excluding hydrogens is 370 g/mol. The molecule has 1 aromatic heterocycles. The minimum absolute atomic E-state index is 0.0799. The molecule has 0 aliphatic carbocycles. The number of aromatic nitrogens is 1. The number of carbonyl (C=O) groups excluding carboxylic acids is 1. The third-order valence-electron chi connectivity index (χ3n) is 5.53. The predicted molar refractivity (Wildman–Crippen MR) is 123 cm³/mol. The Bertz CT molecular complexity index is 1210. The lowest BCUT2D eigenvalue weighted by Gasteiger charge is -2.12. The Balaban J connectivity index is 1.96. The van der Waals surface area contributed by atoms with Crippen molar-refractivity contribution in [3.05, 3.63) is 87.2 Å². The van der Waals surface area contributed by atoms with E-state index in [0.717, 1.165) is 39.5 Å². The average molecular weight is 398 g/mol. The van der Waals surface area contributed by atoms with Crippen LogP contribution in [0.3, 0.4) is 0 Å². The zero-order chi connectivity index (χ0) is 22.0. The molecule has 0 fully saturated rings. The summed E-state index contributed by atoms with van der Waals surface area (Å²) in [4.78, 5) is 12.8. The van der Waals surface area contributed by atoms with Gasteiger partial charge in [0, 0.05) is 22.8 Å². The van der Waals surface area contributed by atoms with Gasteiger partial charge in [0.1, 0.15) is 11.6 Å². The van der Waals surface area contributed by atoms with Gasteiger partial charge in [-0.25, -0.2) is 0 Å². The van der Waals surface area contributed by atoms with Crippen molar-refractivity contribution >= 4 is 17.7 Å². The van der Waals surface area contributed by atoms with Crippen LogP contribution in [0.25, 0.3) is 11.8 Å². The van der Waals surface area contributed by atoms with Crippen LogP contribution in [0.2, 0.25) is 0 Å². The van der Waals surface area contributed by atoms with E-state index in [2.05, 4.69) is 48.0 Å². The van der Waals surface area contributed by atoms with E-state index in [1.54, 1.807) is 6.08 Å². The van der Waals surface area contributed by atoms with Gasteiger partial charge in [-0.2, -0.15) is 5.26 Å². The zero-order valence-electron chi connectivity index (χ0n) is 18.4. The summed E-state index contributed by atoms with van der Waals surface area (Å²) < 4.78 is 2.15. The van der Waals surface area contributed by atoms with E-state index in [9.17, 15) is 10.1 Å². The van der Waals surface area contributed by atoms with Gasteiger partial charge < -0.3 is 9.88 Å². The van der Waals surface area contributed by atoms with Crippen LogP contribution in [0.5, 0.6) is 0 Å². The second-order valence-corrected chi connectivity index (χ2v) is 7.87. The van der Waals surface area contributed by atoms with Gasteiger partial charge in [0.25, 0.3) is 5.91 Å². The number of carbonyl (C=O) groups is 1. The first-order valence-corrected chi connectivity index (χ1v) is 9.98. The maximum atomic E-state index is 12.8. The van der Waals surface area contributed by atoms with Crippen molar-refractivity contribution in [1.82, 2.24) is 4.57 Å². The number of hydrogen-bond donors (Lipinski definition) is 1. The summed E-state index contributed by atoms with van der Waals surface area (Å²) in [6.45, 7) is 12.1. The Kier molecular flexibility index (Phi) is 5.94. The molecule has 30 heavy (non-hydrogen) atoms. The number of hydrogen-bond acceptors (Lipinski definition) is 2. The average Bonchev–Trinajstić information content (AvgIpc) is 2.98. The van der Waals surface area contributed by atoms with Crippen LogP contribution in [-0.2, 0) is 4.79 Å². The van der Waals surface area contributed by atoms with Crippen LogP contribution in [0.15, 0.2) is 48.0 Å². The predicted octanol–water partition coefficient (Wildman–Crippen LogP) is 5.87. The molecule has 0 radical (unpaired) electrons. The standard InChI is InChI=1S/C26H27N3O/c1-16-7-8-18(3)25(11-16)28-26(30)23(15-27)14-22-13-20(5)29(21(22)6)24-10-9-17(2)19(4)12-24/h7-14H,1-6H3,(H,28,30)/b23-14+. The number of nitrogens with zero attached hydrogens (tertiary/aromatic N) is 2. The number of aryl methyl sites for hydroxylation is 5. The van der Waals surface area contributed by atoms with Gasteiger partial charge in [0.05, 0.1) is 0 Å². The molecule has 152 valence electrons. The normalized spacial score (nSPS) is 11.3. The van der Waals surface area contributed by atoms with Crippen LogP contribution in [0.4, 0.5) is 5.69 Å². The summed E-state index contributed by atoms with van der Waals surface area (Å²) in [5.74, 6) is -0.401. The van der Waals surface area contributed by atoms with E-state index < -0.39 is 5.91 Å². The molecule has 0 spiro atoms. The molecule has 1 amide bonds. The lowest BCUT2D eigenvalue weighted by atomic mass is 10.1. The highest BCUT2D eigenvalue weighted by Gasteiger charge is 2.15. The number of benzene rings is 2. The van der Waals surface area contributed by atoms with Crippen LogP contribution in [-0.4, -0.2) is 10.5 Å². The Labute approximate surface area is 178 Å². The molecule has 0 saturated heterocycles. The molecule has 0 saturated carbocycles. The Morgan fingerprint density at radius 1 is 0.933 bits per heavy atom. The van der Waals surface area contributed by atoms with E-state index in [-0.39, 0.29) is 5.57 Å². The summed E-state index contributed by atoms with van der Waals surface area (Å²) in [6, 6.07) is 16.3. The molecule has 0 aliphatic rings. The Morgan fingerprint density at radius 2 is 1.63 bits per heavy atom. The first-order valence-electron chi connectivity index (χ1n) is 9.98. The van der Waals surface area contributed by atoms with Crippen LogP contribution >= 0.6 is 0 Å². The third-order valence-corrected chi connectivity index (χ3v) is 5.53. The lowest BCUT2D eigenvalue weighted by molar-refractivity contribution is -0.112. The second-order valence-electron chi connectivity index (χ2n) is 7.87. The zero-order valence-corrected chi connectivity index (χ0v) is 18.4. The fourth-order valence-electron chi connectivity index (χ4n) is 3.56. The molecule has 1 heterocycles. The number of rotatable bonds is 4. The van der Waals surface area contributed by atoms with E-state index in [0.29, 0.717) is 0 Å². The molecule has 0 aliphatic heterocycles. The molecule has 1 N–H and O–H groups in total. The van der Waals surface area contributed by atoms with E-state index in [1.807, 2.05) is 52.0 Å². The van der Waals surface area contributed by atoms with E-state index in [1.165, 1.54) is 11.1 Å². The van der Waals surface area contributed by atoms with Crippen LogP contribution < -0.4 is 5.32 Å². The monoisotopic (exact) mass is 397 g/mol. The molecule has 3 rings (SSSR count). The highest BCUT2D eigenvalue weighted by atomic mass is 16.1. The van der Waals surface area contributed by atoms with Crippen molar-refractivity contribution in [2.24, 2.45) is 0 Å². The minimum atomic E-state index is -0.401. The maximum absolute atomic E-state index is 12.8. The summed E-state index contributed by atoms with van der Waals surface area (Å²) in [6.07, 6.45) is 1.67. The summed E-state index contributed by atoms with van der Waals surface area (Å²) >= 11 is 0. The fourth-order valence-corrected chi connectivity index (χ4v) is 3.56. The molecule has 0 bridgehead atoms. The molecule has 4 heteroatoms. The highest BCUT2D eigenvalue weighted by Crippen LogP contribution is 2.25. The summed E-state index contributed by atoms with van der Waals surface area (Å²) in [5, 5.41) is 12.5. The van der Waals surface area contributed by atoms with Crippen molar-refractivity contribution in [2.45, 2.75) is 41.5 Å². The first-order chi connectivity index (χ1) is 14.2. The van der Waals surface area contributed by atoms with Gasteiger partial charge in [-0.1, -0.05) is 18.2 Å². The van der Waals surface area contributed by atoms with Gasteiger partial charge in [-0.3, -0.25) is 4.79 Å². The minimum Gasteiger partial charge on any atom is -0.321 e. The Hall–Kier alpha value is -3.58. The maximum Gasteiger partial charge on any atom is 0.266 e. The fraction of sp³-hybridized carbons (Fsp3) is 0.231. The van der Waals surface area contributed by atoms with Gasteiger partial charge in [0.15, 0.2) is 0 Å². The van der Waals surface area contributed by atoms with Crippen molar-refractivity contribution in [3.63, 3.8) is 0 Å². The van der Waals surface area contributed by atoms with Crippen molar-refractivity contribution in [1.29, 1.82) is 5.26 Å². The third kappa shape index (κ3) is 4.21. The summed E-state index contributed by atoms with van der Waals surface area (Å²) in [7, 11) is 0. The first kappa shape index (κ1) is 21.1. The molecule has 2 aromatic carbocycles. The second kappa shape index (κ2) is 8.42. The molecule has 3 aromatic rings. The largest absolute Gasteiger partial charge is 0.321 e. The quantitative estimate of drug-likeness (QED) is 0.442.